The molecule has 0 radical (unpaired) electrons. The summed E-state index contributed by atoms with van der Waals surface area (Å²) >= 11 is 0. The fraction of sp³-hybridized carbons (Fsp3) is 0.625. The Hall–Kier alpha value is -1.10. The van der Waals surface area contributed by atoms with Crippen molar-refractivity contribution in [3.05, 3.63) is 29.8 Å². The molecule has 0 aliphatic rings. The predicted octanol–water partition coefficient (Wildman–Crippen LogP) is 1.74. The van der Waals surface area contributed by atoms with Gasteiger partial charge < -0.3 is 20.3 Å². The summed E-state index contributed by atoms with van der Waals surface area (Å²) in [6.45, 7) is 3.04. The largest absolute Gasteiger partial charge is 0.494 e. The number of likely N-dealkylation sites (N-methyl/N-ethyl adjacent to an activating group) is 1. The van der Waals surface area contributed by atoms with E-state index in [0.717, 1.165) is 30.6 Å². The standard InChI is InChI=1S/C16H27NO3/c1-3-16(13-19,17-2)10-4-12-20-15-7-5-14(6-8-15)9-11-18/h5-8,17-19H,3-4,9-13H2,1-2H3. The van der Waals surface area contributed by atoms with Gasteiger partial charge in [0, 0.05) is 12.1 Å². The van der Waals surface area contributed by atoms with Crippen LogP contribution in [0.2, 0.25) is 0 Å². The molecule has 0 aliphatic carbocycles. The SMILES string of the molecule is CCC(CO)(CCCOc1ccc(CCO)cc1)NC. The summed E-state index contributed by atoms with van der Waals surface area (Å²) in [6.07, 6.45) is 3.36. The topological polar surface area (TPSA) is 61.7 Å². The molecule has 1 aromatic carbocycles. The summed E-state index contributed by atoms with van der Waals surface area (Å²) in [7, 11) is 1.89. The molecule has 4 heteroatoms. The molecule has 0 amide bonds. The van der Waals surface area contributed by atoms with Crippen LogP contribution in [0.25, 0.3) is 0 Å². The summed E-state index contributed by atoms with van der Waals surface area (Å²) in [4.78, 5) is 0. The number of rotatable bonds is 10. The minimum Gasteiger partial charge on any atom is -0.494 e. The van der Waals surface area contributed by atoms with Crippen molar-refractivity contribution in [1.29, 1.82) is 0 Å². The quantitative estimate of drug-likeness (QED) is 0.572. The van der Waals surface area contributed by atoms with Gasteiger partial charge in [-0.1, -0.05) is 19.1 Å². The second kappa shape index (κ2) is 8.95. The molecule has 20 heavy (non-hydrogen) atoms. The number of ether oxygens (including phenoxy) is 1. The minimum absolute atomic E-state index is 0.149. The van der Waals surface area contributed by atoms with Gasteiger partial charge in [-0.05, 0) is 50.4 Å². The second-order valence-corrected chi connectivity index (χ2v) is 5.11. The Morgan fingerprint density at radius 3 is 2.40 bits per heavy atom. The maximum absolute atomic E-state index is 9.45. The molecule has 114 valence electrons. The lowest BCUT2D eigenvalue weighted by Gasteiger charge is -2.30. The first-order chi connectivity index (χ1) is 9.69. The molecule has 1 atom stereocenters. The summed E-state index contributed by atoms with van der Waals surface area (Å²) in [5.41, 5.74) is 0.925. The van der Waals surface area contributed by atoms with Gasteiger partial charge in [0.2, 0.25) is 0 Å². The van der Waals surface area contributed by atoms with E-state index in [2.05, 4.69) is 12.2 Å². The van der Waals surface area contributed by atoms with Crippen molar-refractivity contribution in [1.82, 2.24) is 5.32 Å². The van der Waals surface area contributed by atoms with Gasteiger partial charge >= 0.3 is 0 Å². The van der Waals surface area contributed by atoms with Gasteiger partial charge in [0.1, 0.15) is 5.75 Å². The van der Waals surface area contributed by atoms with Gasteiger partial charge in [0.15, 0.2) is 0 Å². The van der Waals surface area contributed by atoms with Crippen LogP contribution in [0.3, 0.4) is 0 Å². The molecule has 0 fully saturated rings. The fourth-order valence-electron chi connectivity index (χ4n) is 2.23. The zero-order valence-electron chi connectivity index (χ0n) is 12.6. The Morgan fingerprint density at radius 1 is 1.20 bits per heavy atom. The Bertz CT molecular complexity index is 352. The minimum atomic E-state index is -0.186. The first kappa shape index (κ1) is 17.0. The highest BCUT2D eigenvalue weighted by molar-refractivity contribution is 5.27. The molecule has 0 heterocycles. The van der Waals surface area contributed by atoms with Crippen molar-refractivity contribution in [2.75, 3.05) is 26.9 Å². The monoisotopic (exact) mass is 281 g/mol. The molecule has 0 saturated heterocycles. The lowest BCUT2D eigenvalue weighted by molar-refractivity contribution is 0.145. The van der Waals surface area contributed by atoms with E-state index in [0.29, 0.717) is 13.0 Å². The Morgan fingerprint density at radius 2 is 1.90 bits per heavy atom. The average Bonchev–Trinajstić information content (AvgIpc) is 2.50. The Kier molecular flexibility index (Phi) is 7.59. The van der Waals surface area contributed by atoms with E-state index >= 15 is 0 Å². The van der Waals surface area contributed by atoms with Gasteiger partial charge in [0.05, 0.1) is 13.2 Å². The van der Waals surface area contributed by atoms with Crippen LogP contribution in [0.1, 0.15) is 31.7 Å². The highest BCUT2D eigenvalue weighted by atomic mass is 16.5. The summed E-state index contributed by atoms with van der Waals surface area (Å²) < 4.78 is 5.70. The molecule has 0 saturated carbocycles. The molecular weight excluding hydrogens is 254 g/mol. The third-order valence-corrected chi connectivity index (χ3v) is 3.90. The van der Waals surface area contributed by atoms with Crippen molar-refractivity contribution in [3.63, 3.8) is 0 Å². The Labute approximate surface area is 121 Å². The molecule has 0 bridgehead atoms. The van der Waals surface area contributed by atoms with E-state index in [1.807, 2.05) is 31.3 Å². The summed E-state index contributed by atoms with van der Waals surface area (Å²) in [5, 5.41) is 21.5. The lowest BCUT2D eigenvalue weighted by Crippen LogP contribution is -2.46. The summed E-state index contributed by atoms with van der Waals surface area (Å²) in [5.74, 6) is 0.849. The highest BCUT2D eigenvalue weighted by Crippen LogP contribution is 2.18. The number of nitrogens with one attached hydrogen (secondary N) is 1. The van der Waals surface area contributed by atoms with Crippen LogP contribution in [0.5, 0.6) is 5.75 Å². The number of aliphatic hydroxyl groups excluding tert-OH is 2. The van der Waals surface area contributed by atoms with E-state index in [9.17, 15) is 5.11 Å². The summed E-state index contributed by atoms with van der Waals surface area (Å²) in [6, 6.07) is 7.82. The van der Waals surface area contributed by atoms with E-state index in [4.69, 9.17) is 9.84 Å². The van der Waals surface area contributed by atoms with E-state index < -0.39 is 0 Å². The first-order valence-corrected chi connectivity index (χ1v) is 7.32. The molecule has 1 unspecified atom stereocenters. The third kappa shape index (κ3) is 5.12. The molecular formula is C16H27NO3. The first-order valence-electron chi connectivity index (χ1n) is 7.32. The van der Waals surface area contributed by atoms with E-state index in [-0.39, 0.29) is 18.8 Å². The van der Waals surface area contributed by atoms with E-state index in [1.165, 1.54) is 0 Å². The molecule has 0 aromatic heterocycles. The Balaban J connectivity index is 2.33. The molecule has 1 rings (SSSR count). The molecule has 0 spiro atoms. The van der Waals surface area contributed by atoms with Crippen molar-refractivity contribution in [2.45, 2.75) is 38.1 Å². The average molecular weight is 281 g/mol. The zero-order chi connectivity index (χ0) is 14.8. The van der Waals surface area contributed by atoms with Crippen molar-refractivity contribution < 1.29 is 14.9 Å². The van der Waals surface area contributed by atoms with Crippen LogP contribution < -0.4 is 10.1 Å². The van der Waals surface area contributed by atoms with Gasteiger partial charge in [-0.25, -0.2) is 0 Å². The predicted molar refractivity (Wildman–Crippen MR) is 81.1 cm³/mol. The number of benzene rings is 1. The van der Waals surface area contributed by atoms with Crippen LogP contribution in [-0.4, -0.2) is 42.6 Å². The van der Waals surface area contributed by atoms with Crippen molar-refractivity contribution in [3.8, 4) is 5.75 Å². The lowest BCUT2D eigenvalue weighted by atomic mass is 9.92. The number of hydrogen-bond acceptors (Lipinski definition) is 4. The molecule has 4 nitrogen and oxygen atoms in total. The second-order valence-electron chi connectivity index (χ2n) is 5.11. The smallest absolute Gasteiger partial charge is 0.119 e. The molecule has 0 aliphatic heterocycles. The maximum atomic E-state index is 9.45. The molecule has 3 N–H and O–H groups in total. The van der Waals surface area contributed by atoms with Crippen LogP contribution in [-0.2, 0) is 6.42 Å². The third-order valence-electron chi connectivity index (χ3n) is 3.90. The highest BCUT2D eigenvalue weighted by Gasteiger charge is 2.24. The fourth-order valence-corrected chi connectivity index (χ4v) is 2.23. The van der Waals surface area contributed by atoms with Crippen LogP contribution >= 0.6 is 0 Å². The molecule has 1 aromatic rings. The van der Waals surface area contributed by atoms with Gasteiger partial charge in [0.25, 0.3) is 0 Å². The van der Waals surface area contributed by atoms with Crippen LogP contribution in [0, 0.1) is 0 Å². The van der Waals surface area contributed by atoms with Crippen molar-refractivity contribution >= 4 is 0 Å². The zero-order valence-corrected chi connectivity index (χ0v) is 12.6. The number of hydrogen-bond donors (Lipinski definition) is 3. The van der Waals surface area contributed by atoms with Gasteiger partial charge in [-0.15, -0.1) is 0 Å². The normalized spacial score (nSPS) is 14.0. The van der Waals surface area contributed by atoms with Crippen molar-refractivity contribution in [2.24, 2.45) is 0 Å². The maximum Gasteiger partial charge on any atom is 0.119 e. The van der Waals surface area contributed by atoms with E-state index in [1.54, 1.807) is 0 Å². The van der Waals surface area contributed by atoms with Gasteiger partial charge in [-0.3, -0.25) is 0 Å². The van der Waals surface area contributed by atoms with Gasteiger partial charge in [-0.2, -0.15) is 0 Å². The van der Waals surface area contributed by atoms with Crippen LogP contribution in [0.15, 0.2) is 24.3 Å². The van der Waals surface area contributed by atoms with Crippen LogP contribution in [0.4, 0.5) is 0 Å². The number of aliphatic hydroxyl groups is 2.